The smallest absolute Gasteiger partial charge is 0.233 e. The third kappa shape index (κ3) is 2.48. The summed E-state index contributed by atoms with van der Waals surface area (Å²) in [6.45, 7) is 4.21. The normalized spacial score (nSPS) is 24.1. The summed E-state index contributed by atoms with van der Waals surface area (Å²) in [5.74, 6) is 2.52. The molecule has 4 nitrogen and oxygen atoms in total. The number of nitrogens with zero attached hydrogens (tertiary/aromatic N) is 1. The Bertz CT molecular complexity index is 654. The lowest BCUT2D eigenvalue weighted by Gasteiger charge is -2.46. The van der Waals surface area contributed by atoms with Crippen LogP contribution in [0.5, 0.6) is 11.5 Å². The number of thioether (sulfide) groups is 1. The fourth-order valence-electron chi connectivity index (χ4n) is 4.62. The van der Waals surface area contributed by atoms with Gasteiger partial charge in [-0.05, 0) is 49.3 Å². The molecule has 1 aromatic carbocycles. The van der Waals surface area contributed by atoms with Crippen molar-refractivity contribution in [2.75, 3.05) is 31.8 Å². The van der Waals surface area contributed by atoms with E-state index in [-0.39, 0.29) is 17.4 Å². The largest absolute Gasteiger partial charge is 0.486 e. The van der Waals surface area contributed by atoms with Crippen molar-refractivity contribution < 1.29 is 14.3 Å². The van der Waals surface area contributed by atoms with Crippen LogP contribution in [0, 0.1) is 0 Å². The second-order valence-corrected chi connectivity index (χ2v) is 8.07. The highest BCUT2D eigenvalue weighted by Crippen LogP contribution is 2.51. The van der Waals surface area contributed by atoms with Gasteiger partial charge in [-0.2, -0.15) is 11.8 Å². The highest BCUT2D eigenvalue weighted by Gasteiger charge is 2.46. The van der Waals surface area contributed by atoms with E-state index in [1.807, 2.05) is 6.26 Å². The second kappa shape index (κ2) is 6.17. The van der Waals surface area contributed by atoms with Gasteiger partial charge in [0.15, 0.2) is 11.5 Å². The Morgan fingerprint density at radius 1 is 1.25 bits per heavy atom. The van der Waals surface area contributed by atoms with Crippen LogP contribution in [0.2, 0.25) is 0 Å². The van der Waals surface area contributed by atoms with E-state index in [1.165, 1.54) is 24.0 Å². The molecule has 1 amide bonds. The summed E-state index contributed by atoms with van der Waals surface area (Å²) in [4.78, 5) is 14.8. The third-order valence-corrected chi connectivity index (χ3v) is 6.36. The summed E-state index contributed by atoms with van der Waals surface area (Å²) in [5, 5.41) is 0. The molecule has 24 heavy (non-hydrogen) atoms. The van der Waals surface area contributed by atoms with Crippen LogP contribution in [0.3, 0.4) is 0 Å². The van der Waals surface area contributed by atoms with Gasteiger partial charge in [0, 0.05) is 12.0 Å². The molecule has 1 saturated carbocycles. The molecule has 1 atom stereocenters. The van der Waals surface area contributed by atoms with Crippen LogP contribution in [-0.2, 0) is 10.2 Å². The molecule has 0 saturated heterocycles. The maximum atomic E-state index is 12.7. The zero-order valence-electron chi connectivity index (χ0n) is 14.5. The molecular formula is C19H25NO3S. The lowest BCUT2D eigenvalue weighted by Crippen LogP contribution is -2.49. The minimum Gasteiger partial charge on any atom is -0.486 e. The van der Waals surface area contributed by atoms with Crippen molar-refractivity contribution in [3.63, 3.8) is 0 Å². The van der Waals surface area contributed by atoms with Crippen LogP contribution < -0.4 is 9.47 Å². The Morgan fingerprint density at radius 2 is 1.92 bits per heavy atom. The van der Waals surface area contributed by atoms with E-state index < -0.39 is 0 Å². The summed E-state index contributed by atoms with van der Waals surface area (Å²) in [7, 11) is 0. The molecule has 0 N–H and O–H groups in total. The van der Waals surface area contributed by atoms with Gasteiger partial charge >= 0.3 is 0 Å². The van der Waals surface area contributed by atoms with Crippen LogP contribution in [0.4, 0.5) is 0 Å². The molecule has 0 bridgehead atoms. The van der Waals surface area contributed by atoms with Gasteiger partial charge in [0.2, 0.25) is 5.91 Å². The Kier molecular flexibility index (Phi) is 4.15. The van der Waals surface area contributed by atoms with Gasteiger partial charge < -0.3 is 14.4 Å². The Hall–Kier alpha value is -1.36. The van der Waals surface area contributed by atoms with Gasteiger partial charge in [0.05, 0.1) is 11.8 Å². The average molecular weight is 347 g/mol. The first-order valence-corrected chi connectivity index (χ1v) is 10.3. The Labute approximate surface area is 147 Å². The average Bonchev–Trinajstić information content (AvgIpc) is 3.06. The van der Waals surface area contributed by atoms with Crippen molar-refractivity contribution in [2.24, 2.45) is 0 Å². The second-order valence-electron chi connectivity index (χ2n) is 7.20. The van der Waals surface area contributed by atoms with Crippen LogP contribution >= 0.6 is 11.8 Å². The van der Waals surface area contributed by atoms with E-state index in [2.05, 4.69) is 24.0 Å². The third-order valence-electron chi connectivity index (χ3n) is 5.83. The first kappa shape index (κ1) is 16.1. The first-order valence-electron chi connectivity index (χ1n) is 8.87. The van der Waals surface area contributed by atoms with Gasteiger partial charge in [-0.3, -0.25) is 4.79 Å². The van der Waals surface area contributed by atoms with Gasteiger partial charge in [-0.1, -0.05) is 12.8 Å². The number of fused-ring (bicyclic) bond motifs is 3. The molecule has 0 aromatic heterocycles. The molecule has 130 valence electrons. The lowest BCUT2D eigenvalue weighted by molar-refractivity contribution is -0.132. The summed E-state index contributed by atoms with van der Waals surface area (Å²) in [5.41, 5.74) is 2.75. The summed E-state index contributed by atoms with van der Waals surface area (Å²) in [6.07, 6.45) is 6.80. The summed E-state index contributed by atoms with van der Waals surface area (Å²) >= 11 is 1.60. The van der Waals surface area contributed by atoms with E-state index in [1.54, 1.807) is 11.8 Å². The number of amides is 1. The van der Waals surface area contributed by atoms with Gasteiger partial charge in [-0.15, -0.1) is 0 Å². The molecular weight excluding hydrogens is 322 g/mol. The minimum absolute atomic E-state index is 0.0988. The number of hydrogen-bond acceptors (Lipinski definition) is 4. The molecule has 1 aromatic rings. The maximum absolute atomic E-state index is 12.7. The van der Waals surface area contributed by atoms with Crippen molar-refractivity contribution in [2.45, 2.75) is 44.1 Å². The minimum atomic E-state index is 0.0988. The van der Waals surface area contributed by atoms with Gasteiger partial charge in [0.1, 0.15) is 13.2 Å². The highest BCUT2D eigenvalue weighted by molar-refractivity contribution is 7.99. The number of carbonyl (C=O) groups is 1. The summed E-state index contributed by atoms with van der Waals surface area (Å²) in [6, 6.07) is 4.44. The van der Waals surface area contributed by atoms with Crippen LogP contribution in [0.1, 0.15) is 49.8 Å². The lowest BCUT2D eigenvalue weighted by atomic mass is 9.71. The van der Waals surface area contributed by atoms with Crippen LogP contribution in [0.15, 0.2) is 12.1 Å². The van der Waals surface area contributed by atoms with Crippen molar-refractivity contribution in [3.8, 4) is 11.5 Å². The number of benzene rings is 1. The Morgan fingerprint density at radius 3 is 2.58 bits per heavy atom. The fraction of sp³-hybridized carbons (Fsp3) is 0.632. The molecule has 0 radical (unpaired) electrons. The number of rotatable bonds is 2. The van der Waals surface area contributed by atoms with E-state index in [9.17, 15) is 4.79 Å². The first-order chi connectivity index (χ1) is 11.6. The molecule has 1 unspecified atom stereocenters. The maximum Gasteiger partial charge on any atom is 0.233 e. The quantitative estimate of drug-likeness (QED) is 0.820. The number of ether oxygens (including phenoxy) is 2. The van der Waals surface area contributed by atoms with E-state index in [0.717, 1.165) is 30.9 Å². The SMILES string of the molecule is CSCC(=O)N1CC2(CCCC2)c2cc3c(cc2C1C)OCCO3. The van der Waals surface area contributed by atoms with Crippen molar-refractivity contribution in [1.82, 2.24) is 4.90 Å². The van der Waals surface area contributed by atoms with Crippen molar-refractivity contribution in [3.05, 3.63) is 23.3 Å². The molecule has 4 rings (SSSR count). The molecule has 3 aliphatic rings. The van der Waals surface area contributed by atoms with E-state index in [0.29, 0.717) is 19.0 Å². The van der Waals surface area contributed by atoms with Crippen molar-refractivity contribution >= 4 is 17.7 Å². The Balaban J connectivity index is 1.81. The molecule has 2 aliphatic heterocycles. The zero-order chi connectivity index (χ0) is 16.7. The van der Waals surface area contributed by atoms with Crippen LogP contribution in [0.25, 0.3) is 0 Å². The molecule has 1 spiro atoms. The standard InChI is InChI=1S/C19H25NO3S/c1-13-14-9-16-17(23-8-7-22-16)10-15(14)19(5-3-4-6-19)12-20(13)18(21)11-24-2/h9-10,13H,3-8,11-12H2,1-2H3. The zero-order valence-corrected chi connectivity index (χ0v) is 15.3. The van der Waals surface area contributed by atoms with Gasteiger partial charge in [0.25, 0.3) is 0 Å². The number of hydrogen-bond donors (Lipinski definition) is 0. The molecule has 5 heteroatoms. The summed E-state index contributed by atoms with van der Waals surface area (Å²) < 4.78 is 11.6. The van der Waals surface area contributed by atoms with Crippen LogP contribution in [-0.4, -0.2) is 42.6 Å². The number of carbonyl (C=O) groups excluding carboxylic acids is 1. The molecule has 2 heterocycles. The van der Waals surface area contributed by atoms with E-state index in [4.69, 9.17) is 9.47 Å². The predicted molar refractivity (Wildman–Crippen MR) is 96.1 cm³/mol. The fourth-order valence-corrected chi connectivity index (χ4v) is 5.03. The monoisotopic (exact) mass is 347 g/mol. The predicted octanol–water partition coefficient (Wildman–Crippen LogP) is 3.54. The van der Waals surface area contributed by atoms with Gasteiger partial charge in [-0.25, -0.2) is 0 Å². The topological polar surface area (TPSA) is 38.8 Å². The van der Waals surface area contributed by atoms with E-state index >= 15 is 0 Å². The highest BCUT2D eigenvalue weighted by atomic mass is 32.2. The molecule has 1 fully saturated rings. The molecule has 1 aliphatic carbocycles. The van der Waals surface area contributed by atoms with Crippen molar-refractivity contribution in [1.29, 1.82) is 0 Å².